The van der Waals surface area contributed by atoms with Crippen LogP contribution in [0.4, 0.5) is 11.8 Å². The highest BCUT2D eigenvalue weighted by Crippen LogP contribution is 2.28. The monoisotopic (exact) mass is 490 g/mol. The second-order valence-electron chi connectivity index (χ2n) is 8.20. The normalized spacial score (nSPS) is 11.6. The van der Waals surface area contributed by atoms with Crippen LogP contribution in [-0.4, -0.2) is 31.6 Å². The van der Waals surface area contributed by atoms with Crippen LogP contribution >= 0.6 is 0 Å². The van der Waals surface area contributed by atoms with Crippen molar-refractivity contribution in [2.45, 2.75) is 13.0 Å². The van der Waals surface area contributed by atoms with Gasteiger partial charge in [0.25, 0.3) is 5.56 Å². The number of rotatable bonds is 6. The molecule has 5 rings (SSSR count). The number of benzene rings is 2. The molecule has 5 aromatic rings. The fourth-order valence-corrected chi connectivity index (χ4v) is 4.10. The van der Waals surface area contributed by atoms with E-state index in [2.05, 4.69) is 26.3 Å². The molecule has 0 saturated heterocycles. The van der Waals surface area contributed by atoms with Crippen LogP contribution in [0.3, 0.4) is 0 Å². The van der Waals surface area contributed by atoms with Gasteiger partial charge in [-0.3, -0.25) is 14.3 Å². The third-order valence-corrected chi connectivity index (χ3v) is 5.85. The summed E-state index contributed by atoms with van der Waals surface area (Å²) in [6.45, 7) is 1.83. The van der Waals surface area contributed by atoms with Crippen LogP contribution < -0.4 is 21.3 Å². The number of methoxy groups -OCH3 is 1. The van der Waals surface area contributed by atoms with Crippen LogP contribution in [0.2, 0.25) is 0 Å². The predicted octanol–water partition coefficient (Wildman–Crippen LogP) is 3.87. The second-order valence-corrected chi connectivity index (χ2v) is 8.20. The molecule has 1 atom stereocenters. The van der Waals surface area contributed by atoms with E-state index in [9.17, 15) is 10.1 Å². The van der Waals surface area contributed by atoms with E-state index in [4.69, 9.17) is 15.5 Å². The van der Waals surface area contributed by atoms with Crippen LogP contribution in [-0.2, 0) is 0 Å². The van der Waals surface area contributed by atoms with E-state index in [1.165, 1.54) is 6.20 Å². The summed E-state index contributed by atoms with van der Waals surface area (Å²) in [5.74, 6) is 1.34. The number of pyridine rings is 1. The van der Waals surface area contributed by atoms with Crippen molar-refractivity contribution in [1.82, 2.24) is 24.5 Å². The van der Waals surface area contributed by atoms with Crippen molar-refractivity contribution < 1.29 is 4.74 Å². The summed E-state index contributed by atoms with van der Waals surface area (Å²) in [5.41, 5.74) is 8.16. The number of para-hydroxylation sites is 1. The Kier molecular flexibility index (Phi) is 6.18. The van der Waals surface area contributed by atoms with Gasteiger partial charge >= 0.3 is 0 Å². The smallest absolute Gasteiger partial charge is 0.266 e. The first kappa shape index (κ1) is 23.4. The number of nitriles is 1. The fourth-order valence-electron chi connectivity index (χ4n) is 4.10. The molecule has 182 valence electrons. The number of aromatic nitrogens is 5. The van der Waals surface area contributed by atoms with Crippen LogP contribution in [0.5, 0.6) is 5.75 Å². The maximum Gasteiger partial charge on any atom is 0.266 e. The Hall–Kier alpha value is -5.30. The summed E-state index contributed by atoms with van der Waals surface area (Å²) in [6, 6.07) is 19.9. The number of hydrogen-bond donors (Lipinski definition) is 2. The van der Waals surface area contributed by atoms with Gasteiger partial charge in [-0.1, -0.05) is 30.3 Å². The van der Waals surface area contributed by atoms with E-state index < -0.39 is 6.04 Å². The molecule has 2 aromatic carbocycles. The zero-order valence-electron chi connectivity index (χ0n) is 20.1. The highest BCUT2D eigenvalue weighted by atomic mass is 16.5. The molecule has 0 aliphatic heterocycles. The summed E-state index contributed by atoms with van der Waals surface area (Å²) in [5, 5.41) is 13.1. The van der Waals surface area contributed by atoms with Crippen LogP contribution in [0.15, 0.2) is 77.9 Å². The molecule has 0 amide bonds. The summed E-state index contributed by atoms with van der Waals surface area (Å²) in [4.78, 5) is 31.6. The molecule has 10 heteroatoms. The van der Waals surface area contributed by atoms with Crippen LogP contribution in [0.1, 0.15) is 24.4 Å². The maximum absolute atomic E-state index is 14.1. The maximum atomic E-state index is 14.1. The lowest BCUT2D eigenvalue weighted by Crippen LogP contribution is -2.28. The molecule has 3 heterocycles. The lowest BCUT2D eigenvalue weighted by molar-refractivity contribution is 0.413. The van der Waals surface area contributed by atoms with Crippen molar-refractivity contribution in [2.24, 2.45) is 0 Å². The second kappa shape index (κ2) is 9.75. The van der Waals surface area contributed by atoms with Gasteiger partial charge < -0.3 is 15.8 Å². The van der Waals surface area contributed by atoms with Crippen LogP contribution in [0.25, 0.3) is 27.8 Å². The summed E-state index contributed by atoms with van der Waals surface area (Å²) in [7, 11) is 1.57. The minimum atomic E-state index is -0.526. The van der Waals surface area contributed by atoms with Crippen molar-refractivity contribution in [3.63, 3.8) is 0 Å². The standard InChI is InChI=1S/C27H22N8O2/c1-16(32-24-17(13-28)14-31-27(29)34-24)25-33-22-10-6-9-20(21-12-11-19(37-2)15-30-21)23(22)26(36)35(25)18-7-4-3-5-8-18/h3-12,14-16H,1-2H3,(H3,29,31,32,34)/t16-/m1/s1. The summed E-state index contributed by atoms with van der Waals surface area (Å²) in [6.07, 6.45) is 2.96. The Morgan fingerprint density at radius 2 is 1.84 bits per heavy atom. The zero-order chi connectivity index (χ0) is 25.9. The molecule has 0 radical (unpaired) electrons. The van der Waals surface area contributed by atoms with Gasteiger partial charge in [0, 0.05) is 5.56 Å². The van der Waals surface area contributed by atoms with E-state index in [0.717, 1.165) is 0 Å². The van der Waals surface area contributed by atoms with Gasteiger partial charge in [0.15, 0.2) is 0 Å². The Balaban J connectivity index is 1.73. The first-order valence-corrected chi connectivity index (χ1v) is 11.4. The van der Waals surface area contributed by atoms with Gasteiger partial charge in [-0.05, 0) is 37.3 Å². The quantitative estimate of drug-likeness (QED) is 0.362. The average Bonchev–Trinajstić information content (AvgIpc) is 2.93. The number of nitrogens with zero attached hydrogens (tertiary/aromatic N) is 6. The van der Waals surface area contributed by atoms with Gasteiger partial charge in [-0.25, -0.2) is 9.97 Å². The third-order valence-electron chi connectivity index (χ3n) is 5.85. The van der Waals surface area contributed by atoms with Gasteiger partial charge in [-0.15, -0.1) is 0 Å². The highest BCUT2D eigenvalue weighted by molar-refractivity contribution is 5.93. The van der Waals surface area contributed by atoms with E-state index in [1.54, 1.807) is 36.1 Å². The Bertz CT molecular complexity index is 1690. The molecule has 0 fully saturated rings. The Morgan fingerprint density at radius 3 is 2.54 bits per heavy atom. The molecular formula is C27H22N8O2. The number of nitrogens with one attached hydrogen (secondary N) is 1. The molecule has 0 saturated carbocycles. The molecule has 0 aliphatic carbocycles. The number of ether oxygens (including phenoxy) is 1. The number of fused-ring (bicyclic) bond motifs is 1. The molecule has 0 unspecified atom stereocenters. The van der Waals surface area contributed by atoms with Gasteiger partial charge in [0.05, 0.1) is 47.8 Å². The SMILES string of the molecule is COc1ccc(-c2cccc3nc([C@@H](C)Nc4nc(N)ncc4C#N)n(-c4ccccc4)c(=O)c23)nc1. The number of hydrogen-bond acceptors (Lipinski definition) is 9. The topological polar surface area (TPSA) is 145 Å². The molecule has 37 heavy (non-hydrogen) atoms. The van der Waals surface area contributed by atoms with Crippen molar-refractivity contribution in [3.8, 4) is 28.8 Å². The molecular weight excluding hydrogens is 468 g/mol. The van der Waals surface area contributed by atoms with E-state index in [1.807, 2.05) is 49.4 Å². The average molecular weight is 491 g/mol. The van der Waals surface area contributed by atoms with Crippen molar-refractivity contribution in [2.75, 3.05) is 18.2 Å². The minimum Gasteiger partial charge on any atom is -0.495 e. The van der Waals surface area contributed by atoms with Gasteiger partial charge in [0.2, 0.25) is 5.95 Å². The van der Waals surface area contributed by atoms with Crippen molar-refractivity contribution in [3.05, 3.63) is 94.8 Å². The van der Waals surface area contributed by atoms with Gasteiger partial charge in [-0.2, -0.15) is 10.2 Å². The summed E-state index contributed by atoms with van der Waals surface area (Å²) < 4.78 is 6.78. The van der Waals surface area contributed by atoms with Crippen LogP contribution in [0, 0.1) is 11.3 Å². The first-order valence-electron chi connectivity index (χ1n) is 11.4. The Labute approximate surface area is 212 Å². The molecule has 0 bridgehead atoms. The number of nitrogens with two attached hydrogens (primary N) is 1. The predicted molar refractivity (Wildman–Crippen MR) is 140 cm³/mol. The fraction of sp³-hybridized carbons (Fsp3) is 0.111. The molecule has 3 N–H and O–H groups in total. The lowest BCUT2D eigenvalue weighted by atomic mass is 10.0. The van der Waals surface area contributed by atoms with Crippen molar-refractivity contribution in [1.29, 1.82) is 5.26 Å². The van der Waals surface area contributed by atoms with Gasteiger partial charge in [0.1, 0.15) is 29.0 Å². The Morgan fingerprint density at radius 1 is 1.03 bits per heavy atom. The highest BCUT2D eigenvalue weighted by Gasteiger charge is 2.21. The number of anilines is 2. The molecule has 0 aliphatic rings. The number of nitrogen functional groups attached to an aromatic ring is 1. The molecule has 3 aromatic heterocycles. The summed E-state index contributed by atoms with van der Waals surface area (Å²) >= 11 is 0. The largest absolute Gasteiger partial charge is 0.495 e. The zero-order valence-corrected chi connectivity index (χ0v) is 20.1. The van der Waals surface area contributed by atoms with Crippen molar-refractivity contribution >= 4 is 22.7 Å². The minimum absolute atomic E-state index is 0.0252. The van der Waals surface area contributed by atoms with E-state index in [-0.39, 0.29) is 22.9 Å². The van der Waals surface area contributed by atoms with E-state index in [0.29, 0.717) is 39.4 Å². The molecule has 10 nitrogen and oxygen atoms in total. The lowest BCUT2D eigenvalue weighted by Gasteiger charge is -2.21. The van der Waals surface area contributed by atoms with E-state index >= 15 is 0 Å². The third kappa shape index (κ3) is 4.41. The molecule has 0 spiro atoms. The first-order chi connectivity index (χ1) is 18.0.